The lowest BCUT2D eigenvalue weighted by atomic mass is 10.1. The molecule has 6 nitrogen and oxygen atoms in total. The number of hydrogen-bond donors (Lipinski definition) is 2. The van der Waals surface area contributed by atoms with Crippen LogP contribution in [0.2, 0.25) is 0 Å². The van der Waals surface area contributed by atoms with Crippen LogP contribution in [0.15, 0.2) is 48.5 Å². The van der Waals surface area contributed by atoms with E-state index in [1.54, 1.807) is 0 Å². The fraction of sp³-hybridized carbons (Fsp3) is 0.211. The Morgan fingerprint density at radius 2 is 1.88 bits per heavy atom. The van der Waals surface area contributed by atoms with Crippen molar-refractivity contribution in [2.75, 3.05) is 0 Å². The van der Waals surface area contributed by atoms with Gasteiger partial charge in [-0.1, -0.05) is 30.3 Å². The lowest BCUT2D eigenvalue weighted by Crippen LogP contribution is -2.26. The number of carbonyl (C=O) groups is 1. The third-order valence-corrected chi connectivity index (χ3v) is 4.37. The Balaban J connectivity index is 1.49. The lowest BCUT2D eigenvalue weighted by Gasteiger charge is -2.07. The van der Waals surface area contributed by atoms with Crippen molar-refractivity contribution in [2.45, 2.75) is 26.4 Å². The molecule has 2 N–H and O–H groups in total. The summed E-state index contributed by atoms with van der Waals surface area (Å²) in [5.74, 6) is 0.815. The number of amides is 1. The minimum absolute atomic E-state index is 0.0517. The fourth-order valence-electron chi connectivity index (χ4n) is 3.16. The van der Waals surface area contributed by atoms with Gasteiger partial charge in [-0.2, -0.15) is 5.10 Å². The van der Waals surface area contributed by atoms with Crippen LogP contribution in [-0.4, -0.2) is 25.7 Å². The van der Waals surface area contributed by atoms with Crippen LogP contribution >= 0.6 is 0 Å². The van der Waals surface area contributed by atoms with Crippen LogP contribution in [-0.2, 0) is 24.3 Å². The van der Waals surface area contributed by atoms with Crippen LogP contribution in [0.25, 0.3) is 21.9 Å². The summed E-state index contributed by atoms with van der Waals surface area (Å²) in [5, 5.41) is 11.1. The number of aromatic amines is 1. The van der Waals surface area contributed by atoms with Gasteiger partial charge >= 0.3 is 0 Å². The Labute approximate surface area is 144 Å². The summed E-state index contributed by atoms with van der Waals surface area (Å²) in [6, 6.07) is 15.8. The van der Waals surface area contributed by atoms with E-state index in [9.17, 15) is 4.79 Å². The largest absolute Gasteiger partial charge is 0.349 e. The van der Waals surface area contributed by atoms with E-state index in [4.69, 9.17) is 0 Å². The number of imidazole rings is 1. The van der Waals surface area contributed by atoms with Crippen LogP contribution in [0, 0.1) is 0 Å². The third-order valence-electron chi connectivity index (χ3n) is 4.37. The first-order chi connectivity index (χ1) is 12.3. The predicted octanol–water partition coefficient (Wildman–Crippen LogP) is 2.79. The van der Waals surface area contributed by atoms with Crippen molar-refractivity contribution >= 4 is 27.8 Å². The molecule has 0 saturated carbocycles. The van der Waals surface area contributed by atoms with Crippen molar-refractivity contribution in [2.24, 2.45) is 0 Å². The minimum Gasteiger partial charge on any atom is -0.349 e. The van der Waals surface area contributed by atoms with E-state index in [0.29, 0.717) is 6.54 Å². The van der Waals surface area contributed by atoms with Crippen LogP contribution in [0.5, 0.6) is 0 Å². The highest BCUT2D eigenvalue weighted by molar-refractivity contribution is 5.87. The summed E-state index contributed by atoms with van der Waals surface area (Å²) in [6.07, 6.45) is 0.271. The Morgan fingerprint density at radius 1 is 1.12 bits per heavy atom. The quantitative estimate of drug-likeness (QED) is 0.590. The zero-order valence-corrected chi connectivity index (χ0v) is 14.0. The standard InChI is InChI=1S/C19H19N5O/c1-2-24-17-10-6-5-9-15(17)21-18(24)12-20-19(25)11-16-13-7-3-4-8-14(13)22-23-16/h3-10H,2,11-12H2,1H3,(H,20,25)(H,22,23). The van der Waals surface area contributed by atoms with Gasteiger partial charge in [-0.3, -0.25) is 9.89 Å². The first-order valence-electron chi connectivity index (χ1n) is 8.39. The number of rotatable bonds is 5. The molecule has 126 valence electrons. The molecule has 0 aliphatic rings. The Morgan fingerprint density at radius 3 is 2.72 bits per heavy atom. The molecule has 0 radical (unpaired) electrons. The molecular weight excluding hydrogens is 314 g/mol. The summed E-state index contributed by atoms with van der Waals surface area (Å²) < 4.78 is 2.13. The van der Waals surface area contributed by atoms with Gasteiger partial charge in [0.05, 0.1) is 35.2 Å². The van der Waals surface area contributed by atoms with Gasteiger partial charge < -0.3 is 9.88 Å². The highest BCUT2D eigenvalue weighted by Crippen LogP contribution is 2.17. The van der Waals surface area contributed by atoms with Gasteiger partial charge in [0.2, 0.25) is 5.91 Å². The number of nitrogens with zero attached hydrogens (tertiary/aromatic N) is 3. The maximum Gasteiger partial charge on any atom is 0.226 e. The van der Waals surface area contributed by atoms with Crippen molar-refractivity contribution in [1.29, 1.82) is 0 Å². The Bertz CT molecular complexity index is 1050. The van der Waals surface area contributed by atoms with Crippen LogP contribution < -0.4 is 5.32 Å². The van der Waals surface area contributed by atoms with Gasteiger partial charge in [0.15, 0.2) is 0 Å². The third kappa shape index (κ3) is 2.87. The molecule has 2 aromatic heterocycles. The molecule has 1 amide bonds. The summed E-state index contributed by atoms with van der Waals surface area (Å²) in [5.41, 5.74) is 3.75. The van der Waals surface area contributed by atoms with E-state index in [-0.39, 0.29) is 12.3 Å². The molecule has 4 rings (SSSR count). The summed E-state index contributed by atoms with van der Waals surface area (Å²) in [6.45, 7) is 3.31. The maximum atomic E-state index is 12.3. The fourth-order valence-corrected chi connectivity index (χ4v) is 3.16. The van der Waals surface area contributed by atoms with Gasteiger partial charge in [-0.05, 0) is 25.1 Å². The average Bonchev–Trinajstić information content (AvgIpc) is 3.21. The van der Waals surface area contributed by atoms with Crippen LogP contribution in [0.4, 0.5) is 0 Å². The molecule has 0 spiro atoms. The summed E-state index contributed by atoms with van der Waals surface area (Å²) in [7, 11) is 0. The van der Waals surface area contributed by atoms with Gasteiger partial charge in [-0.15, -0.1) is 0 Å². The smallest absolute Gasteiger partial charge is 0.226 e. The number of H-pyrrole nitrogens is 1. The number of benzene rings is 2. The second-order valence-corrected chi connectivity index (χ2v) is 5.93. The first kappa shape index (κ1) is 15.4. The highest BCUT2D eigenvalue weighted by atomic mass is 16.1. The van der Waals surface area contributed by atoms with E-state index in [2.05, 4.69) is 32.0 Å². The van der Waals surface area contributed by atoms with E-state index >= 15 is 0 Å². The molecular formula is C19H19N5O. The molecule has 2 heterocycles. The molecule has 4 aromatic rings. The van der Waals surface area contributed by atoms with Crippen LogP contribution in [0.1, 0.15) is 18.4 Å². The summed E-state index contributed by atoms with van der Waals surface area (Å²) >= 11 is 0. The highest BCUT2D eigenvalue weighted by Gasteiger charge is 2.12. The second-order valence-electron chi connectivity index (χ2n) is 5.93. The lowest BCUT2D eigenvalue weighted by molar-refractivity contribution is -0.120. The number of fused-ring (bicyclic) bond motifs is 2. The van der Waals surface area contributed by atoms with Gasteiger partial charge in [0.25, 0.3) is 0 Å². The zero-order valence-electron chi connectivity index (χ0n) is 14.0. The molecule has 0 bridgehead atoms. The molecule has 2 aromatic carbocycles. The predicted molar refractivity (Wildman–Crippen MR) is 97.1 cm³/mol. The number of aromatic nitrogens is 4. The van der Waals surface area contributed by atoms with Crippen LogP contribution in [0.3, 0.4) is 0 Å². The normalized spacial score (nSPS) is 11.2. The van der Waals surface area contributed by atoms with Gasteiger partial charge in [0.1, 0.15) is 5.82 Å². The maximum absolute atomic E-state index is 12.3. The van der Waals surface area contributed by atoms with Crippen molar-refractivity contribution in [3.8, 4) is 0 Å². The molecule has 0 saturated heterocycles. The van der Waals surface area contributed by atoms with E-state index in [1.165, 1.54) is 0 Å². The van der Waals surface area contributed by atoms with E-state index < -0.39 is 0 Å². The minimum atomic E-state index is -0.0517. The average molecular weight is 333 g/mol. The Kier molecular flexibility index (Phi) is 3.93. The molecule has 0 aliphatic carbocycles. The van der Waals surface area contributed by atoms with E-state index in [1.807, 2.05) is 48.5 Å². The molecule has 25 heavy (non-hydrogen) atoms. The molecule has 0 unspecified atom stereocenters. The molecule has 0 aliphatic heterocycles. The monoisotopic (exact) mass is 333 g/mol. The summed E-state index contributed by atoms with van der Waals surface area (Å²) in [4.78, 5) is 17.0. The zero-order chi connectivity index (χ0) is 17.2. The van der Waals surface area contributed by atoms with Crippen molar-refractivity contribution < 1.29 is 4.79 Å². The number of nitrogens with one attached hydrogen (secondary N) is 2. The molecule has 0 fully saturated rings. The Hall–Kier alpha value is -3.15. The van der Waals surface area contributed by atoms with Crippen molar-refractivity contribution in [3.05, 3.63) is 60.0 Å². The topological polar surface area (TPSA) is 75.6 Å². The number of aryl methyl sites for hydroxylation is 1. The van der Waals surface area contributed by atoms with Crippen molar-refractivity contribution in [3.63, 3.8) is 0 Å². The van der Waals surface area contributed by atoms with Gasteiger partial charge in [-0.25, -0.2) is 4.98 Å². The number of para-hydroxylation sites is 3. The van der Waals surface area contributed by atoms with E-state index in [0.717, 1.165) is 40.0 Å². The molecule has 6 heteroatoms. The number of carbonyl (C=O) groups excluding carboxylic acids is 1. The number of hydrogen-bond acceptors (Lipinski definition) is 3. The van der Waals surface area contributed by atoms with Crippen molar-refractivity contribution in [1.82, 2.24) is 25.1 Å². The SMILES string of the molecule is CCn1c(CNC(=O)Cc2[nH]nc3ccccc23)nc2ccccc21. The molecule has 0 atom stereocenters. The first-order valence-corrected chi connectivity index (χ1v) is 8.39. The van der Waals surface area contributed by atoms with Gasteiger partial charge in [0, 0.05) is 11.9 Å². The second kappa shape index (κ2) is 6.39.